The van der Waals surface area contributed by atoms with Crippen molar-refractivity contribution < 1.29 is 26.3 Å². The summed E-state index contributed by atoms with van der Waals surface area (Å²) in [5.74, 6) is -4.38. The van der Waals surface area contributed by atoms with E-state index in [0.29, 0.717) is 30.7 Å². The molecule has 1 atom stereocenters. The minimum atomic E-state index is -4.45. The molecule has 0 aliphatic heterocycles. The van der Waals surface area contributed by atoms with Crippen LogP contribution in [0.5, 0.6) is 5.75 Å². The molecule has 1 aliphatic carbocycles. The van der Waals surface area contributed by atoms with E-state index in [1.54, 1.807) is 6.07 Å². The molecular formula is C19H21F3N2O3S. The molecule has 152 valence electrons. The highest BCUT2D eigenvalue weighted by atomic mass is 32.2. The lowest BCUT2D eigenvalue weighted by Gasteiger charge is -2.32. The van der Waals surface area contributed by atoms with Gasteiger partial charge in [0.25, 0.3) is 10.0 Å². The maximum Gasteiger partial charge on any atom is 0.264 e. The number of rotatable bonds is 5. The largest absolute Gasteiger partial charge is 0.496 e. The lowest BCUT2D eigenvalue weighted by atomic mass is 9.86. The molecule has 0 aromatic heterocycles. The predicted molar refractivity (Wildman–Crippen MR) is 99.6 cm³/mol. The Labute approximate surface area is 162 Å². The van der Waals surface area contributed by atoms with E-state index >= 15 is 0 Å². The van der Waals surface area contributed by atoms with E-state index in [2.05, 4.69) is 9.62 Å². The van der Waals surface area contributed by atoms with Crippen LogP contribution in [-0.4, -0.2) is 40.6 Å². The summed E-state index contributed by atoms with van der Waals surface area (Å²) in [4.78, 5) is 1.15. The van der Waals surface area contributed by atoms with Crippen LogP contribution in [0.4, 0.5) is 18.9 Å². The second-order valence-corrected chi connectivity index (χ2v) is 8.56. The summed E-state index contributed by atoms with van der Waals surface area (Å²) in [5, 5.41) is 0. The van der Waals surface area contributed by atoms with Crippen LogP contribution in [-0.2, 0) is 22.9 Å². The van der Waals surface area contributed by atoms with Crippen LogP contribution in [0.25, 0.3) is 0 Å². The topological polar surface area (TPSA) is 58.6 Å². The van der Waals surface area contributed by atoms with Crippen molar-refractivity contribution in [2.24, 2.45) is 0 Å². The molecule has 0 heterocycles. The number of benzene rings is 2. The molecule has 2 aromatic carbocycles. The third-order valence-corrected chi connectivity index (χ3v) is 6.42. The molecule has 1 N–H and O–H groups in total. The van der Waals surface area contributed by atoms with E-state index in [9.17, 15) is 21.6 Å². The zero-order valence-corrected chi connectivity index (χ0v) is 16.5. The summed E-state index contributed by atoms with van der Waals surface area (Å²) in [5.41, 5.74) is 1.90. The number of nitrogens with one attached hydrogen (secondary N) is 1. The molecule has 3 rings (SSSR count). The van der Waals surface area contributed by atoms with Gasteiger partial charge >= 0.3 is 0 Å². The van der Waals surface area contributed by atoms with Crippen LogP contribution in [0.1, 0.15) is 17.5 Å². The second kappa shape index (κ2) is 7.63. The van der Waals surface area contributed by atoms with Crippen molar-refractivity contribution in [1.29, 1.82) is 0 Å². The number of ether oxygens (including phenoxy) is 1. The third kappa shape index (κ3) is 3.68. The molecule has 0 saturated heterocycles. The van der Waals surface area contributed by atoms with Crippen LogP contribution in [0.3, 0.4) is 0 Å². The Bertz CT molecular complexity index is 1010. The van der Waals surface area contributed by atoms with Gasteiger partial charge in [-0.05, 0) is 63.2 Å². The van der Waals surface area contributed by atoms with Gasteiger partial charge in [-0.15, -0.1) is 0 Å². The number of methoxy groups -OCH3 is 1. The maximum atomic E-state index is 14.0. The Morgan fingerprint density at radius 2 is 1.79 bits per heavy atom. The number of nitrogens with zero attached hydrogens (tertiary/aromatic N) is 1. The van der Waals surface area contributed by atoms with Crippen LogP contribution < -0.4 is 9.46 Å². The number of likely N-dealkylation sites (N-methyl/N-ethyl adjacent to an activating group) is 1. The summed E-state index contributed by atoms with van der Waals surface area (Å²) in [6, 6.07) is 4.72. The highest BCUT2D eigenvalue weighted by Crippen LogP contribution is 2.37. The van der Waals surface area contributed by atoms with Crippen molar-refractivity contribution in [2.75, 3.05) is 25.9 Å². The molecule has 9 heteroatoms. The minimum Gasteiger partial charge on any atom is -0.496 e. The number of halogens is 3. The highest BCUT2D eigenvalue weighted by molar-refractivity contribution is 7.92. The number of sulfonamides is 1. The van der Waals surface area contributed by atoms with Gasteiger partial charge in [0.15, 0.2) is 17.5 Å². The number of hydrogen-bond acceptors (Lipinski definition) is 4. The molecule has 0 radical (unpaired) electrons. The Kier molecular flexibility index (Phi) is 5.58. The molecule has 0 spiro atoms. The smallest absolute Gasteiger partial charge is 0.264 e. The van der Waals surface area contributed by atoms with Crippen LogP contribution in [0.2, 0.25) is 0 Å². The second-order valence-electron chi connectivity index (χ2n) is 6.91. The number of anilines is 1. The van der Waals surface area contributed by atoms with Crippen LogP contribution in [0, 0.1) is 17.5 Å². The quantitative estimate of drug-likeness (QED) is 0.763. The molecule has 0 fully saturated rings. The van der Waals surface area contributed by atoms with Gasteiger partial charge in [0.2, 0.25) is 0 Å². The molecule has 2 aromatic rings. The molecule has 0 bridgehead atoms. The fourth-order valence-corrected chi connectivity index (χ4v) is 4.64. The molecule has 28 heavy (non-hydrogen) atoms. The van der Waals surface area contributed by atoms with Crippen molar-refractivity contribution in [3.8, 4) is 5.75 Å². The van der Waals surface area contributed by atoms with Gasteiger partial charge in [0.1, 0.15) is 10.6 Å². The lowest BCUT2D eigenvalue weighted by molar-refractivity contribution is 0.265. The van der Waals surface area contributed by atoms with E-state index < -0.39 is 32.4 Å². The van der Waals surface area contributed by atoms with Gasteiger partial charge in [0, 0.05) is 11.6 Å². The summed E-state index contributed by atoms with van der Waals surface area (Å²) in [6.45, 7) is 0. The van der Waals surface area contributed by atoms with E-state index in [-0.39, 0.29) is 11.7 Å². The Morgan fingerprint density at radius 1 is 1.07 bits per heavy atom. The average Bonchev–Trinajstić information content (AvgIpc) is 2.65. The van der Waals surface area contributed by atoms with Gasteiger partial charge in [-0.3, -0.25) is 4.72 Å². The van der Waals surface area contributed by atoms with E-state index in [1.807, 2.05) is 14.1 Å². The SMILES string of the molecule is COc1ccc(NS(=O)(=O)c2ccc(F)c(F)c2F)c2c1CC(N(C)C)CC2. The van der Waals surface area contributed by atoms with E-state index in [4.69, 9.17) is 4.74 Å². The standard InChI is InChI=1S/C19H21F3N2O3S/c1-24(2)11-4-5-12-13(10-11)16(27-3)8-7-15(12)23-28(25,26)17-9-6-14(20)18(21)19(17)22/h6-9,11,23H,4-5,10H2,1-3H3. The highest BCUT2D eigenvalue weighted by Gasteiger charge is 2.29. The van der Waals surface area contributed by atoms with Crippen molar-refractivity contribution in [3.05, 3.63) is 52.8 Å². The summed E-state index contributed by atoms with van der Waals surface area (Å²) in [6.07, 6.45) is 2.07. The normalized spacial score (nSPS) is 16.8. The van der Waals surface area contributed by atoms with Crippen molar-refractivity contribution >= 4 is 15.7 Å². The Balaban J connectivity index is 2.02. The van der Waals surface area contributed by atoms with Gasteiger partial charge in [-0.25, -0.2) is 21.6 Å². The average molecular weight is 414 g/mol. The molecule has 0 amide bonds. The van der Waals surface area contributed by atoms with Crippen LogP contribution >= 0.6 is 0 Å². The molecule has 1 unspecified atom stereocenters. The fraction of sp³-hybridized carbons (Fsp3) is 0.368. The van der Waals surface area contributed by atoms with Crippen molar-refractivity contribution in [1.82, 2.24) is 4.90 Å². The molecule has 0 saturated carbocycles. The van der Waals surface area contributed by atoms with Crippen LogP contribution in [0.15, 0.2) is 29.2 Å². The first-order valence-electron chi connectivity index (χ1n) is 8.67. The van der Waals surface area contributed by atoms with Gasteiger partial charge in [-0.2, -0.15) is 0 Å². The third-order valence-electron chi connectivity index (χ3n) is 5.04. The monoisotopic (exact) mass is 414 g/mol. The predicted octanol–water partition coefficient (Wildman–Crippen LogP) is 3.33. The number of fused-ring (bicyclic) bond motifs is 1. The van der Waals surface area contributed by atoms with Crippen molar-refractivity contribution in [3.63, 3.8) is 0 Å². The zero-order valence-electron chi connectivity index (χ0n) is 15.7. The Hall–Kier alpha value is -2.26. The summed E-state index contributed by atoms with van der Waals surface area (Å²) in [7, 11) is 1.03. The Morgan fingerprint density at radius 3 is 2.43 bits per heavy atom. The van der Waals surface area contributed by atoms with Gasteiger partial charge in [-0.1, -0.05) is 0 Å². The first-order valence-corrected chi connectivity index (χ1v) is 10.2. The van der Waals surface area contributed by atoms with E-state index in [1.165, 1.54) is 13.2 Å². The maximum absolute atomic E-state index is 14.0. The van der Waals surface area contributed by atoms with Crippen molar-refractivity contribution in [2.45, 2.75) is 30.2 Å². The first-order chi connectivity index (χ1) is 13.2. The lowest BCUT2D eigenvalue weighted by Crippen LogP contribution is -2.34. The van der Waals surface area contributed by atoms with Gasteiger partial charge < -0.3 is 9.64 Å². The fourth-order valence-electron chi connectivity index (χ4n) is 3.47. The summed E-state index contributed by atoms with van der Waals surface area (Å²) < 4.78 is 73.6. The summed E-state index contributed by atoms with van der Waals surface area (Å²) >= 11 is 0. The minimum absolute atomic E-state index is 0.275. The molecule has 5 nitrogen and oxygen atoms in total. The first kappa shape index (κ1) is 20.5. The van der Waals surface area contributed by atoms with Gasteiger partial charge in [0.05, 0.1) is 12.8 Å². The zero-order chi connectivity index (χ0) is 20.6. The number of hydrogen-bond donors (Lipinski definition) is 1. The molecular weight excluding hydrogens is 393 g/mol. The molecule has 1 aliphatic rings. The van der Waals surface area contributed by atoms with E-state index in [0.717, 1.165) is 17.5 Å².